The summed E-state index contributed by atoms with van der Waals surface area (Å²) < 4.78 is 2.94. The molecule has 1 heterocycles. The Hall–Kier alpha value is -0.260. The van der Waals surface area contributed by atoms with Gasteiger partial charge in [0.1, 0.15) is 0 Å². The second-order valence-corrected chi connectivity index (χ2v) is 3.64. The highest BCUT2D eigenvalue weighted by Gasteiger charge is 1.99. The third kappa shape index (κ3) is 2.36. The first-order chi connectivity index (χ1) is 5.24. The molecule has 0 aromatic carbocycles. The fraction of sp³-hybridized carbons (Fsp3) is 0.571. The van der Waals surface area contributed by atoms with E-state index in [1.807, 2.05) is 10.9 Å². The molecule has 0 atom stereocenters. The molecule has 11 heavy (non-hydrogen) atoms. The van der Waals surface area contributed by atoms with E-state index < -0.39 is 0 Å². The van der Waals surface area contributed by atoms with Crippen molar-refractivity contribution < 1.29 is 0 Å². The Morgan fingerprint density at radius 1 is 1.73 bits per heavy atom. The van der Waals surface area contributed by atoms with Crippen LogP contribution in [0.5, 0.6) is 0 Å². The highest BCUT2D eigenvalue weighted by atomic mass is 127. The first-order valence-electron chi connectivity index (χ1n) is 3.72. The van der Waals surface area contributed by atoms with Crippen LogP contribution in [0.3, 0.4) is 0 Å². The van der Waals surface area contributed by atoms with Crippen LogP contribution in [0, 0.1) is 3.57 Å². The van der Waals surface area contributed by atoms with Crippen LogP contribution >= 0.6 is 22.6 Å². The number of aryl methyl sites for hydroxylation is 1. The van der Waals surface area contributed by atoms with Gasteiger partial charge >= 0.3 is 0 Å². The minimum Gasteiger partial charge on any atom is -0.381 e. The van der Waals surface area contributed by atoms with Gasteiger partial charge in [0.2, 0.25) is 0 Å². The summed E-state index contributed by atoms with van der Waals surface area (Å²) in [5.41, 5.74) is 5.57. The molecule has 3 nitrogen and oxygen atoms in total. The van der Waals surface area contributed by atoms with Crippen molar-refractivity contribution in [3.8, 4) is 0 Å². The molecular formula is C7H12IN3. The van der Waals surface area contributed by atoms with Gasteiger partial charge in [0.05, 0.1) is 3.57 Å². The lowest BCUT2D eigenvalue weighted by molar-refractivity contribution is 0.573. The highest BCUT2D eigenvalue weighted by Crippen LogP contribution is 2.11. The molecule has 0 radical (unpaired) electrons. The van der Waals surface area contributed by atoms with Gasteiger partial charge in [-0.2, -0.15) is 5.10 Å². The average Bonchev–Trinajstić information content (AvgIpc) is 2.28. The lowest BCUT2D eigenvalue weighted by Crippen LogP contribution is -1.98. The third-order valence-electron chi connectivity index (χ3n) is 1.48. The van der Waals surface area contributed by atoms with Crippen LogP contribution in [0.15, 0.2) is 6.20 Å². The number of hydrogen-bond donors (Lipinski definition) is 1. The Bertz CT molecular complexity index is 212. The van der Waals surface area contributed by atoms with E-state index in [2.05, 4.69) is 34.6 Å². The molecule has 0 amide bonds. The second kappa shape index (κ2) is 3.94. The molecule has 0 fully saturated rings. The van der Waals surface area contributed by atoms with Gasteiger partial charge in [-0.3, -0.25) is 4.68 Å². The van der Waals surface area contributed by atoms with Crippen LogP contribution in [0.2, 0.25) is 0 Å². The van der Waals surface area contributed by atoms with Crippen molar-refractivity contribution in [2.75, 3.05) is 5.73 Å². The lowest BCUT2D eigenvalue weighted by Gasteiger charge is -1.96. The fourth-order valence-corrected chi connectivity index (χ4v) is 1.28. The smallest absolute Gasteiger partial charge is 0.158 e. The molecule has 1 aromatic rings. The van der Waals surface area contributed by atoms with Crippen molar-refractivity contribution >= 4 is 28.4 Å². The predicted octanol–water partition coefficient (Wildman–Crippen LogP) is 1.87. The van der Waals surface area contributed by atoms with E-state index in [1.165, 1.54) is 6.42 Å². The summed E-state index contributed by atoms with van der Waals surface area (Å²) in [4.78, 5) is 0. The SMILES string of the molecule is CCCCn1cc(I)c(N)n1. The zero-order chi connectivity index (χ0) is 8.27. The molecule has 0 spiro atoms. The van der Waals surface area contributed by atoms with Crippen molar-refractivity contribution in [1.82, 2.24) is 9.78 Å². The number of nitrogen functional groups attached to an aromatic ring is 1. The van der Waals surface area contributed by atoms with E-state index in [-0.39, 0.29) is 0 Å². The Labute approximate surface area is 80.1 Å². The highest BCUT2D eigenvalue weighted by molar-refractivity contribution is 14.1. The van der Waals surface area contributed by atoms with Gasteiger partial charge in [-0.25, -0.2) is 0 Å². The van der Waals surface area contributed by atoms with Crippen molar-refractivity contribution in [2.45, 2.75) is 26.3 Å². The van der Waals surface area contributed by atoms with Gasteiger partial charge in [-0.05, 0) is 29.0 Å². The van der Waals surface area contributed by atoms with Gasteiger partial charge in [0, 0.05) is 12.7 Å². The first-order valence-corrected chi connectivity index (χ1v) is 4.80. The second-order valence-electron chi connectivity index (χ2n) is 2.48. The van der Waals surface area contributed by atoms with Crippen LogP contribution in [-0.2, 0) is 6.54 Å². The van der Waals surface area contributed by atoms with Crippen LogP contribution in [0.25, 0.3) is 0 Å². The first kappa shape index (κ1) is 8.83. The van der Waals surface area contributed by atoms with Gasteiger partial charge in [-0.1, -0.05) is 13.3 Å². The number of anilines is 1. The molecule has 0 aliphatic rings. The summed E-state index contributed by atoms with van der Waals surface area (Å²) in [6, 6.07) is 0. The Morgan fingerprint density at radius 3 is 2.91 bits per heavy atom. The molecule has 0 saturated heterocycles. The minimum atomic E-state index is 0.640. The maximum absolute atomic E-state index is 5.57. The lowest BCUT2D eigenvalue weighted by atomic mass is 10.3. The van der Waals surface area contributed by atoms with Crippen LogP contribution in [-0.4, -0.2) is 9.78 Å². The maximum Gasteiger partial charge on any atom is 0.158 e. The molecule has 0 unspecified atom stereocenters. The Morgan fingerprint density at radius 2 is 2.45 bits per heavy atom. The van der Waals surface area contributed by atoms with Crippen LogP contribution in [0.1, 0.15) is 19.8 Å². The summed E-state index contributed by atoms with van der Waals surface area (Å²) in [7, 11) is 0. The molecule has 0 aliphatic heterocycles. The predicted molar refractivity (Wildman–Crippen MR) is 54.3 cm³/mol. The summed E-state index contributed by atoms with van der Waals surface area (Å²) >= 11 is 2.19. The summed E-state index contributed by atoms with van der Waals surface area (Å²) in [5.74, 6) is 0.640. The third-order valence-corrected chi connectivity index (χ3v) is 2.32. The minimum absolute atomic E-state index is 0.640. The van der Waals surface area contributed by atoms with Gasteiger partial charge < -0.3 is 5.73 Å². The number of nitrogens with zero attached hydrogens (tertiary/aromatic N) is 2. The van der Waals surface area contributed by atoms with Crippen LogP contribution < -0.4 is 5.73 Å². The molecule has 1 rings (SSSR count). The molecular weight excluding hydrogens is 253 g/mol. The van der Waals surface area contributed by atoms with Crippen molar-refractivity contribution in [3.05, 3.63) is 9.77 Å². The van der Waals surface area contributed by atoms with E-state index >= 15 is 0 Å². The van der Waals surface area contributed by atoms with Crippen molar-refractivity contribution in [2.24, 2.45) is 0 Å². The number of aromatic nitrogens is 2. The molecule has 0 bridgehead atoms. The number of hydrogen-bond acceptors (Lipinski definition) is 2. The van der Waals surface area contributed by atoms with Gasteiger partial charge in [0.25, 0.3) is 0 Å². The molecule has 2 N–H and O–H groups in total. The number of halogens is 1. The zero-order valence-electron chi connectivity index (χ0n) is 6.55. The number of unbranched alkanes of at least 4 members (excludes halogenated alkanes) is 1. The van der Waals surface area contributed by atoms with E-state index in [0.717, 1.165) is 16.5 Å². The van der Waals surface area contributed by atoms with E-state index in [4.69, 9.17) is 5.73 Å². The average molecular weight is 265 g/mol. The normalized spacial score (nSPS) is 10.4. The fourth-order valence-electron chi connectivity index (χ4n) is 0.847. The molecule has 4 heteroatoms. The molecule has 62 valence electrons. The standard InChI is InChI=1S/C7H12IN3/c1-2-3-4-11-5-6(8)7(9)10-11/h5H,2-4H2,1H3,(H2,9,10). The topological polar surface area (TPSA) is 43.8 Å². The zero-order valence-corrected chi connectivity index (χ0v) is 8.71. The Balaban J connectivity index is 2.58. The molecule has 0 saturated carbocycles. The summed E-state index contributed by atoms with van der Waals surface area (Å²) in [5, 5.41) is 4.13. The number of nitrogens with two attached hydrogens (primary N) is 1. The monoisotopic (exact) mass is 265 g/mol. The summed E-state index contributed by atoms with van der Waals surface area (Å²) in [6.45, 7) is 3.14. The molecule has 1 aromatic heterocycles. The van der Waals surface area contributed by atoms with E-state index in [9.17, 15) is 0 Å². The van der Waals surface area contributed by atoms with Gasteiger partial charge in [-0.15, -0.1) is 0 Å². The molecule has 0 aliphatic carbocycles. The largest absolute Gasteiger partial charge is 0.381 e. The van der Waals surface area contributed by atoms with Crippen molar-refractivity contribution in [3.63, 3.8) is 0 Å². The van der Waals surface area contributed by atoms with Gasteiger partial charge in [0.15, 0.2) is 5.82 Å². The van der Waals surface area contributed by atoms with E-state index in [0.29, 0.717) is 5.82 Å². The van der Waals surface area contributed by atoms with E-state index in [1.54, 1.807) is 0 Å². The quantitative estimate of drug-likeness (QED) is 0.848. The number of rotatable bonds is 3. The van der Waals surface area contributed by atoms with Crippen LogP contribution in [0.4, 0.5) is 5.82 Å². The Kier molecular flexibility index (Phi) is 3.16. The maximum atomic E-state index is 5.57. The van der Waals surface area contributed by atoms with Crippen molar-refractivity contribution in [1.29, 1.82) is 0 Å². The summed E-state index contributed by atoms with van der Waals surface area (Å²) in [6.07, 6.45) is 4.33.